The van der Waals surface area contributed by atoms with Crippen LogP contribution in [0, 0.1) is 0 Å². The number of aromatic nitrogens is 2. The molecule has 8 heteroatoms. The molecule has 5 rings (SSSR count). The van der Waals surface area contributed by atoms with Gasteiger partial charge in [0, 0.05) is 24.9 Å². The van der Waals surface area contributed by atoms with Crippen LogP contribution in [0.2, 0.25) is 0 Å². The monoisotopic (exact) mass is 530 g/mol. The fourth-order valence-corrected chi connectivity index (χ4v) is 5.38. The fraction of sp³-hybridized carbons (Fsp3) is 0.387. The minimum Gasteiger partial charge on any atom is -0.507 e. The Balaban J connectivity index is 1.49. The zero-order valence-corrected chi connectivity index (χ0v) is 22.6. The molecule has 0 bridgehead atoms. The number of ketones is 1. The molecule has 1 amide bonds. The summed E-state index contributed by atoms with van der Waals surface area (Å²) in [5, 5.41) is 11.5. The van der Waals surface area contributed by atoms with E-state index < -0.39 is 17.7 Å². The zero-order chi connectivity index (χ0) is 27.4. The lowest BCUT2D eigenvalue weighted by Gasteiger charge is -2.25. The Labute approximate surface area is 228 Å². The van der Waals surface area contributed by atoms with Crippen LogP contribution in [-0.4, -0.2) is 45.9 Å². The van der Waals surface area contributed by atoms with Crippen molar-refractivity contribution in [2.24, 2.45) is 0 Å². The van der Waals surface area contributed by atoms with Crippen molar-refractivity contribution in [3.63, 3.8) is 0 Å². The van der Waals surface area contributed by atoms with E-state index in [2.05, 4.69) is 11.9 Å². The number of aliphatic hydroxyl groups is 1. The van der Waals surface area contributed by atoms with Crippen LogP contribution in [0.3, 0.4) is 0 Å². The van der Waals surface area contributed by atoms with Gasteiger partial charge < -0.3 is 19.5 Å². The molecule has 2 unspecified atom stereocenters. The van der Waals surface area contributed by atoms with E-state index in [4.69, 9.17) is 9.47 Å². The number of nitrogens with zero attached hydrogens (tertiary/aromatic N) is 2. The molecule has 204 valence electrons. The number of nitrogens with one attached hydrogen (secondary N) is 1. The van der Waals surface area contributed by atoms with Crippen molar-refractivity contribution in [3.05, 3.63) is 83.4 Å². The molecule has 0 spiro atoms. The van der Waals surface area contributed by atoms with Gasteiger partial charge in [0.2, 0.25) is 6.33 Å². The van der Waals surface area contributed by atoms with Gasteiger partial charge in [-0.25, -0.2) is 4.57 Å². The van der Waals surface area contributed by atoms with Gasteiger partial charge in [0.05, 0.1) is 24.8 Å². The second-order valence-corrected chi connectivity index (χ2v) is 10.3. The van der Waals surface area contributed by atoms with Crippen LogP contribution in [-0.2, 0) is 22.6 Å². The SMILES string of the molecule is CCCCCOc1cccc(C2C(=C(O)c3ccc4c(c3)CC(C)O4)C(=O)C(=O)N2CCC[n+]2cc[nH]c2)c1. The third-order valence-corrected chi connectivity index (χ3v) is 7.32. The predicted octanol–water partition coefficient (Wildman–Crippen LogP) is 4.71. The zero-order valence-electron chi connectivity index (χ0n) is 22.6. The maximum absolute atomic E-state index is 13.4. The number of hydrogen-bond donors (Lipinski definition) is 2. The second-order valence-electron chi connectivity index (χ2n) is 10.3. The minimum atomic E-state index is -0.719. The first-order valence-electron chi connectivity index (χ1n) is 13.8. The molecule has 2 atom stereocenters. The molecule has 0 radical (unpaired) electrons. The highest BCUT2D eigenvalue weighted by Gasteiger charge is 2.46. The Morgan fingerprint density at radius 2 is 2.05 bits per heavy atom. The van der Waals surface area contributed by atoms with Crippen molar-refractivity contribution in [1.29, 1.82) is 0 Å². The summed E-state index contributed by atoms with van der Waals surface area (Å²) < 4.78 is 13.8. The van der Waals surface area contributed by atoms with E-state index in [1.165, 1.54) is 0 Å². The lowest BCUT2D eigenvalue weighted by atomic mass is 9.94. The van der Waals surface area contributed by atoms with Crippen molar-refractivity contribution < 1.29 is 28.7 Å². The maximum Gasteiger partial charge on any atom is 0.295 e. The van der Waals surface area contributed by atoms with Gasteiger partial charge in [0.15, 0.2) is 0 Å². The van der Waals surface area contributed by atoms with Gasteiger partial charge in [-0.2, -0.15) is 0 Å². The van der Waals surface area contributed by atoms with E-state index in [1.807, 2.05) is 66.6 Å². The van der Waals surface area contributed by atoms with Gasteiger partial charge in [0.1, 0.15) is 35.8 Å². The number of hydrogen-bond acceptors (Lipinski definition) is 5. The van der Waals surface area contributed by atoms with E-state index in [0.717, 1.165) is 42.6 Å². The van der Waals surface area contributed by atoms with Crippen LogP contribution in [0.15, 0.2) is 66.8 Å². The number of Topliss-reactive ketones (excluding diaryl/α,β-unsaturated/α-hetero) is 1. The topological polar surface area (TPSA) is 95.7 Å². The summed E-state index contributed by atoms with van der Waals surface area (Å²) >= 11 is 0. The molecule has 2 aliphatic rings. The number of aliphatic hydroxyl groups excluding tert-OH is 1. The standard InChI is InChI=1S/C31H35N3O5/c1-3-4-5-16-38-25-9-6-8-22(19-25)28-27(29(35)23-10-11-26-24(18-23)17-21(2)39-26)30(36)31(37)34(28)14-7-13-33-15-12-32-20-33/h6,8-12,15,18-21,28H,3-5,7,13-14,16-17H2,1-2H3,(H,35,36)/p+1. The number of carbonyl (C=O) groups is 2. The molecular formula is C31H36N3O5+. The van der Waals surface area contributed by atoms with Crippen molar-refractivity contribution >= 4 is 17.4 Å². The number of carbonyl (C=O) groups excluding carboxylic acids is 2. The number of imidazole rings is 1. The van der Waals surface area contributed by atoms with Gasteiger partial charge >= 0.3 is 0 Å². The lowest BCUT2D eigenvalue weighted by Crippen LogP contribution is -2.36. The highest BCUT2D eigenvalue weighted by atomic mass is 16.5. The molecule has 8 nitrogen and oxygen atoms in total. The summed E-state index contributed by atoms with van der Waals surface area (Å²) in [6, 6.07) is 12.2. The first kappa shape index (κ1) is 26.5. The summed E-state index contributed by atoms with van der Waals surface area (Å²) in [5.41, 5.74) is 2.31. The quantitative estimate of drug-likeness (QED) is 0.123. The molecule has 39 heavy (non-hydrogen) atoms. The number of unbranched alkanes of at least 4 members (excludes halogenated alkanes) is 2. The molecule has 2 aliphatic heterocycles. The first-order chi connectivity index (χ1) is 19.0. The first-order valence-corrected chi connectivity index (χ1v) is 13.8. The van der Waals surface area contributed by atoms with Crippen molar-refractivity contribution in [2.45, 2.75) is 64.6 Å². The highest BCUT2D eigenvalue weighted by molar-refractivity contribution is 6.46. The normalized spacial score (nSPS) is 19.8. The smallest absolute Gasteiger partial charge is 0.295 e. The Hall–Kier alpha value is -4.07. The van der Waals surface area contributed by atoms with Crippen LogP contribution < -0.4 is 14.0 Å². The molecule has 0 aliphatic carbocycles. The maximum atomic E-state index is 13.4. The number of H-pyrrole nitrogens is 1. The average molecular weight is 531 g/mol. The predicted molar refractivity (Wildman–Crippen MR) is 146 cm³/mol. The number of likely N-dealkylation sites (tertiary alicyclic amines) is 1. The number of benzene rings is 2. The molecule has 2 aromatic carbocycles. The van der Waals surface area contributed by atoms with Crippen molar-refractivity contribution in [3.8, 4) is 11.5 Å². The van der Waals surface area contributed by atoms with Crippen LogP contribution in [0.4, 0.5) is 0 Å². The van der Waals surface area contributed by atoms with Gasteiger partial charge in [-0.3, -0.25) is 14.6 Å². The number of amides is 1. The fourth-order valence-electron chi connectivity index (χ4n) is 5.38. The van der Waals surface area contributed by atoms with Gasteiger partial charge in [-0.1, -0.05) is 31.9 Å². The van der Waals surface area contributed by atoms with Crippen LogP contribution >= 0.6 is 0 Å². The number of aryl methyl sites for hydroxylation is 1. The molecule has 1 fully saturated rings. The Morgan fingerprint density at radius 3 is 2.85 bits per heavy atom. The molecular weight excluding hydrogens is 494 g/mol. The number of fused-ring (bicyclic) bond motifs is 1. The Morgan fingerprint density at radius 1 is 1.18 bits per heavy atom. The minimum absolute atomic E-state index is 0.0564. The van der Waals surface area contributed by atoms with Crippen LogP contribution in [0.25, 0.3) is 5.76 Å². The number of ether oxygens (including phenoxy) is 2. The van der Waals surface area contributed by atoms with Crippen molar-refractivity contribution in [2.75, 3.05) is 13.2 Å². The highest BCUT2D eigenvalue weighted by Crippen LogP contribution is 2.41. The summed E-state index contributed by atoms with van der Waals surface area (Å²) in [6.07, 6.45) is 10.2. The number of rotatable bonds is 11. The Bertz CT molecular complexity index is 1360. The van der Waals surface area contributed by atoms with E-state index in [1.54, 1.807) is 11.0 Å². The third-order valence-electron chi connectivity index (χ3n) is 7.32. The molecule has 1 aromatic heterocycles. The van der Waals surface area contributed by atoms with Crippen molar-refractivity contribution in [1.82, 2.24) is 9.88 Å². The number of aromatic amines is 1. The summed E-state index contributed by atoms with van der Waals surface area (Å²) in [4.78, 5) is 31.4. The third kappa shape index (κ3) is 5.70. The van der Waals surface area contributed by atoms with Gasteiger partial charge in [0.25, 0.3) is 11.7 Å². The largest absolute Gasteiger partial charge is 0.507 e. The molecule has 0 saturated carbocycles. The van der Waals surface area contributed by atoms with Gasteiger partial charge in [-0.15, -0.1) is 0 Å². The van der Waals surface area contributed by atoms with Gasteiger partial charge in [-0.05, 0) is 54.8 Å². The van der Waals surface area contributed by atoms with E-state index in [0.29, 0.717) is 37.4 Å². The van der Waals surface area contributed by atoms with E-state index in [-0.39, 0.29) is 17.4 Å². The summed E-state index contributed by atoms with van der Waals surface area (Å²) in [5.74, 6) is 0.0172. The summed E-state index contributed by atoms with van der Waals surface area (Å²) in [7, 11) is 0. The molecule has 3 aromatic rings. The van der Waals surface area contributed by atoms with E-state index in [9.17, 15) is 14.7 Å². The molecule has 3 heterocycles. The van der Waals surface area contributed by atoms with Crippen LogP contribution in [0.5, 0.6) is 11.5 Å². The second kappa shape index (κ2) is 11.8. The molecule has 2 N–H and O–H groups in total. The Kier molecular flexibility index (Phi) is 8.00. The average Bonchev–Trinajstić information content (AvgIpc) is 3.65. The van der Waals surface area contributed by atoms with E-state index >= 15 is 0 Å². The lowest BCUT2D eigenvalue weighted by molar-refractivity contribution is -0.695. The molecule has 1 saturated heterocycles. The van der Waals surface area contributed by atoms with Crippen LogP contribution in [0.1, 0.15) is 62.3 Å². The summed E-state index contributed by atoms with van der Waals surface area (Å²) in [6.45, 7) is 5.78.